The third-order valence-corrected chi connectivity index (χ3v) is 11.0. The van der Waals surface area contributed by atoms with Gasteiger partial charge in [-0.3, -0.25) is 4.98 Å². The van der Waals surface area contributed by atoms with E-state index in [0.717, 1.165) is 54.9 Å². The van der Waals surface area contributed by atoms with Gasteiger partial charge in [0.25, 0.3) is 0 Å². The van der Waals surface area contributed by atoms with Gasteiger partial charge in [-0.05, 0) is 130 Å². The van der Waals surface area contributed by atoms with Gasteiger partial charge in [-0.25, -0.2) is 0 Å². The van der Waals surface area contributed by atoms with Crippen LogP contribution in [0.1, 0.15) is 85.8 Å². The van der Waals surface area contributed by atoms with E-state index in [9.17, 15) is 0 Å². The molecule has 1 unspecified atom stereocenters. The van der Waals surface area contributed by atoms with Crippen LogP contribution in [0.15, 0.2) is 115 Å². The average molecular weight is 670 g/mol. The van der Waals surface area contributed by atoms with Crippen molar-refractivity contribution in [2.75, 3.05) is 13.2 Å². The highest BCUT2D eigenvalue weighted by Gasteiger charge is 2.52. The number of ether oxygens (including phenoxy) is 2. The quantitative estimate of drug-likeness (QED) is 0.121. The Hall–Kier alpha value is -5.15. The van der Waals surface area contributed by atoms with Crippen LogP contribution >= 0.6 is 0 Å². The summed E-state index contributed by atoms with van der Waals surface area (Å²) in [6.45, 7) is 10.3. The van der Waals surface area contributed by atoms with Crippen molar-refractivity contribution < 1.29 is 9.47 Å². The van der Waals surface area contributed by atoms with Gasteiger partial charge in [-0.15, -0.1) is 0 Å². The van der Waals surface area contributed by atoms with Gasteiger partial charge in [-0.2, -0.15) is 0 Å². The van der Waals surface area contributed by atoms with Crippen molar-refractivity contribution in [3.8, 4) is 56.1 Å². The minimum absolute atomic E-state index is 0.467. The van der Waals surface area contributed by atoms with Gasteiger partial charge in [0, 0.05) is 11.8 Å². The highest BCUT2D eigenvalue weighted by molar-refractivity contribution is 5.97. The van der Waals surface area contributed by atoms with Crippen LogP contribution in [0, 0.1) is 13.8 Å². The molecule has 1 spiro atoms. The molecule has 0 aliphatic heterocycles. The molecule has 1 heterocycles. The molecule has 6 aromatic rings. The van der Waals surface area contributed by atoms with Crippen molar-refractivity contribution in [1.29, 1.82) is 0 Å². The molecule has 0 fully saturated rings. The molecule has 8 rings (SSSR count). The fraction of sp³-hybridized carbons (Fsp3) is 0.271. The second-order valence-corrected chi connectivity index (χ2v) is 14.3. The molecule has 3 nitrogen and oxygen atoms in total. The zero-order valence-corrected chi connectivity index (χ0v) is 30.4. The van der Waals surface area contributed by atoms with Gasteiger partial charge < -0.3 is 9.47 Å². The largest absolute Gasteiger partial charge is 0.490 e. The summed E-state index contributed by atoms with van der Waals surface area (Å²) < 4.78 is 13.2. The van der Waals surface area contributed by atoms with Crippen LogP contribution in [0.3, 0.4) is 0 Å². The lowest BCUT2D eigenvalue weighted by Gasteiger charge is -2.31. The van der Waals surface area contributed by atoms with Crippen LogP contribution in [0.4, 0.5) is 0 Å². The normalized spacial score (nSPS) is 15.0. The minimum Gasteiger partial charge on any atom is -0.490 e. The van der Waals surface area contributed by atoms with E-state index in [4.69, 9.17) is 9.47 Å². The lowest BCUT2D eigenvalue weighted by molar-refractivity contribution is 0.259. The van der Waals surface area contributed by atoms with Gasteiger partial charge in [0.1, 0.15) is 0 Å². The lowest BCUT2D eigenvalue weighted by Crippen LogP contribution is -2.26. The Bertz CT molecular complexity index is 2220. The van der Waals surface area contributed by atoms with Crippen molar-refractivity contribution in [2.24, 2.45) is 0 Å². The summed E-state index contributed by atoms with van der Waals surface area (Å²) in [4.78, 5) is 4.62. The number of aromatic nitrogens is 1. The number of hydrogen-bond acceptors (Lipinski definition) is 3. The summed E-state index contributed by atoms with van der Waals surface area (Å²) in [5.74, 6) is 1.72. The van der Waals surface area contributed by atoms with Crippen molar-refractivity contribution in [3.05, 3.63) is 149 Å². The highest BCUT2D eigenvalue weighted by Crippen LogP contribution is 2.64. The molecule has 1 aromatic heterocycles. The van der Waals surface area contributed by atoms with Gasteiger partial charge >= 0.3 is 0 Å². The summed E-state index contributed by atoms with van der Waals surface area (Å²) in [5.41, 5.74) is 17.0. The molecule has 0 bridgehead atoms. The molecule has 0 N–H and O–H groups in total. The number of fused-ring (bicyclic) bond motifs is 10. The van der Waals surface area contributed by atoms with Crippen molar-refractivity contribution in [2.45, 2.75) is 71.6 Å². The summed E-state index contributed by atoms with van der Waals surface area (Å²) in [5, 5.41) is 0. The van der Waals surface area contributed by atoms with E-state index >= 15 is 0 Å². The van der Waals surface area contributed by atoms with E-state index in [1.54, 1.807) is 0 Å². The van der Waals surface area contributed by atoms with Gasteiger partial charge in [0.2, 0.25) is 0 Å². The standard InChI is InChI=1S/C48H47NO2/c1-5-7-13-24-50-46-30-40-38-26-32(3)33(4)27-43(38)48(44(40)31-47(46)51-25-14-8-6-2)41-19-10-9-18-37(41)39-29-35(21-22-42(39)48)34-16-15-17-36(28-34)45-20-11-12-23-49-45/h9-12,15-23,26-31H,5-8,13-14,24-25H2,1-4H3. The van der Waals surface area contributed by atoms with E-state index in [1.807, 2.05) is 18.3 Å². The van der Waals surface area contributed by atoms with Crippen LogP contribution in [0.5, 0.6) is 11.5 Å². The van der Waals surface area contributed by atoms with Gasteiger partial charge in [-0.1, -0.05) is 112 Å². The molecule has 2 aliphatic rings. The smallest absolute Gasteiger partial charge is 0.161 e. The first-order valence-electron chi connectivity index (χ1n) is 18.9. The Kier molecular flexibility index (Phi) is 8.98. The monoisotopic (exact) mass is 669 g/mol. The number of unbranched alkanes of at least 4 members (excludes halogenated alkanes) is 4. The first kappa shape index (κ1) is 33.0. The Balaban J connectivity index is 1.33. The van der Waals surface area contributed by atoms with Crippen molar-refractivity contribution >= 4 is 0 Å². The van der Waals surface area contributed by atoms with Crippen molar-refractivity contribution in [3.63, 3.8) is 0 Å². The molecule has 2 aliphatic carbocycles. The molecule has 0 saturated carbocycles. The number of pyridine rings is 1. The first-order valence-corrected chi connectivity index (χ1v) is 18.9. The second kappa shape index (κ2) is 13.9. The Morgan fingerprint density at radius 3 is 1.88 bits per heavy atom. The van der Waals surface area contributed by atoms with E-state index in [2.05, 4.69) is 130 Å². The predicted octanol–water partition coefficient (Wildman–Crippen LogP) is 12.5. The van der Waals surface area contributed by atoms with E-state index in [-0.39, 0.29) is 0 Å². The van der Waals surface area contributed by atoms with Crippen LogP contribution in [-0.4, -0.2) is 18.2 Å². The maximum Gasteiger partial charge on any atom is 0.161 e. The number of aryl methyl sites for hydroxylation is 2. The molecule has 1 atom stereocenters. The van der Waals surface area contributed by atoms with E-state index in [0.29, 0.717) is 13.2 Å². The summed E-state index contributed by atoms with van der Waals surface area (Å²) in [6, 6.07) is 40.5. The summed E-state index contributed by atoms with van der Waals surface area (Å²) >= 11 is 0. The number of rotatable bonds is 12. The van der Waals surface area contributed by atoms with Gasteiger partial charge in [0.15, 0.2) is 11.5 Å². The Labute approximate surface area is 303 Å². The van der Waals surface area contributed by atoms with Crippen LogP contribution < -0.4 is 9.47 Å². The van der Waals surface area contributed by atoms with Crippen LogP contribution in [0.25, 0.3) is 44.6 Å². The number of nitrogens with zero attached hydrogens (tertiary/aromatic N) is 1. The highest BCUT2D eigenvalue weighted by atomic mass is 16.5. The zero-order valence-electron chi connectivity index (χ0n) is 30.4. The Morgan fingerprint density at radius 1 is 0.490 bits per heavy atom. The van der Waals surface area contributed by atoms with E-state index < -0.39 is 5.41 Å². The molecule has 0 amide bonds. The van der Waals surface area contributed by atoms with Gasteiger partial charge in [0.05, 0.1) is 24.3 Å². The average Bonchev–Trinajstić information content (AvgIpc) is 3.61. The number of hydrogen-bond donors (Lipinski definition) is 0. The molecule has 5 aromatic carbocycles. The minimum atomic E-state index is -0.467. The summed E-state index contributed by atoms with van der Waals surface area (Å²) in [6.07, 6.45) is 8.56. The lowest BCUT2D eigenvalue weighted by atomic mass is 9.70. The molecule has 3 heteroatoms. The molecule has 0 saturated heterocycles. The van der Waals surface area contributed by atoms with E-state index in [1.165, 1.54) is 73.2 Å². The first-order chi connectivity index (χ1) is 25.0. The second-order valence-electron chi connectivity index (χ2n) is 14.3. The zero-order chi connectivity index (χ0) is 35.0. The van der Waals surface area contributed by atoms with Crippen molar-refractivity contribution in [1.82, 2.24) is 4.98 Å². The fourth-order valence-corrected chi connectivity index (χ4v) is 8.32. The molecular formula is C48H47NO2. The SMILES string of the molecule is CCCCCOc1cc2c(cc1OCCCCC)C1(c3ccccc3-c3cc(-c4cccc(-c5ccccn5)c4)ccc31)c1cc(C)c(C)cc1-2. The topological polar surface area (TPSA) is 31.4 Å². The van der Waals surface area contributed by atoms with Crippen LogP contribution in [-0.2, 0) is 5.41 Å². The number of benzene rings is 5. The van der Waals surface area contributed by atoms with Crippen LogP contribution in [0.2, 0.25) is 0 Å². The molecule has 256 valence electrons. The Morgan fingerprint density at radius 2 is 1.12 bits per heavy atom. The maximum absolute atomic E-state index is 6.64. The maximum atomic E-state index is 6.64. The summed E-state index contributed by atoms with van der Waals surface area (Å²) in [7, 11) is 0. The predicted molar refractivity (Wildman–Crippen MR) is 211 cm³/mol. The third kappa shape index (κ3) is 5.64. The molecular weight excluding hydrogens is 623 g/mol. The fourth-order valence-electron chi connectivity index (χ4n) is 8.32. The third-order valence-electron chi connectivity index (χ3n) is 11.0. The molecule has 0 radical (unpaired) electrons. The molecule has 51 heavy (non-hydrogen) atoms.